The van der Waals surface area contributed by atoms with Crippen LogP contribution in [0.5, 0.6) is 0 Å². The van der Waals surface area contributed by atoms with Crippen molar-refractivity contribution in [1.82, 2.24) is 0 Å². The summed E-state index contributed by atoms with van der Waals surface area (Å²) in [5.74, 6) is 0. The van der Waals surface area contributed by atoms with E-state index in [1.54, 1.807) is 0 Å². The second-order valence-corrected chi connectivity index (χ2v) is 7.56. The monoisotopic (exact) mass is 385 g/mol. The molecule has 5 aromatic rings. The highest BCUT2D eigenvalue weighted by molar-refractivity contribution is 5.90. The van der Waals surface area contributed by atoms with E-state index in [1.165, 1.54) is 38.2 Å². The van der Waals surface area contributed by atoms with Crippen molar-refractivity contribution in [2.45, 2.75) is 12.5 Å². The van der Waals surface area contributed by atoms with Gasteiger partial charge in [0.2, 0.25) is 0 Å². The third-order valence-electron chi connectivity index (χ3n) is 5.66. The van der Waals surface area contributed by atoms with Gasteiger partial charge in [-0.05, 0) is 38.2 Å². The Morgan fingerprint density at radius 3 is 1.63 bits per heavy atom. The predicted octanol–water partition coefficient (Wildman–Crippen LogP) is 7.40. The molecule has 0 saturated heterocycles. The van der Waals surface area contributed by atoms with Crippen LogP contribution in [0, 0.1) is 0 Å². The molecular weight excluding hydrogens is 362 g/mol. The van der Waals surface area contributed by atoms with E-state index in [0.29, 0.717) is 0 Å². The molecule has 0 heterocycles. The highest BCUT2D eigenvalue weighted by Crippen LogP contribution is 2.35. The fourth-order valence-electron chi connectivity index (χ4n) is 4.18. The van der Waals surface area contributed by atoms with Crippen molar-refractivity contribution in [3.63, 3.8) is 0 Å². The normalized spacial score (nSPS) is 11.6. The molecule has 0 aliphatic rings. The number of fused-ring (bicyclic) bond motifs is 2. The third kappa shape index (κ3) is 3.62. The topological polar surface area (TPSA) is 12.4 Å². The summed E-state index contributed by atoms with van der Waals surface area (Å²) in [6, 6.07) is 40.7. The van der Waals surface area contributed by atoms with Gasteiger partial charge in [0.1, 0.15) is 6.04 Å². The standard InChI is InChI=1S/C29H23N/c1-2-10-22(11-3-1)20-21-30-29(27-18-8-14-23-12-4-6-16-25(23)27)28-19-9-15-24-13-5-7-17-26(24)28/h1-19,21,29H,20H2. The molecule has 0 radical (unpaired) electrons. The molecule has 0 unspecified atom stereocenters. The average Bonchev–Trinajstić information content (AvgIpc) is 2.82. The zero-order valence-corrected chi connectivity index (χ0v) is 16.8. The smallest absolute Gasteiger partial charge is 0.101 e. The van der Waals surface area contributed by atoms with Crippen molar-refractivity contribution >= 4 is 27.8 Å². The van der Waals surface area contributed by atoms with Crippen molar-refractivity contribution in [2.24, 2.45) is 4.99 Å². The van der Waals surface area contributed by atoms with Gasteiger partial charge in [0.15, 0.2) is 0 Å². The maximum absolute atomic E-state index is 5.13. The van der Waals surface area contributed by atoms with Crippen LogP contribution in [0.2, 0.25) is 0 Å². The summed E-state index contributed by atoms with van der Waals surface area (Å²) < 4.78 is 0. The van der Waals surface area contributed by atoms with Gasteiger partial charge in [-0.25, -0.2) is 0 Å². The molecule has 144 valence electrons. The Balaban J connectivity index is 1.65. The van der Waals surface area contributed by atoms with Gasteiger partial charge in [-0.2, -0.15) is 0 Å². The van der Waals surface area contributed by atoms with E-state index < -0.39 is 0 Å². The highest BCUT2D eigenvalue weighted by Gasteiger charge is 2.17. The predicted molar refractivity (Wildman–Crippen MR) is 128 cm³/mol. The van der Waals surface area contributed by atoms with Crippen LogP contribution in [-0.4, -0.2) is 6.21 Å². The molecule has 1 nitrogen and oxygen atoms in total. The van der Waals surface area contributed by atoms with E-state index in [9.17, 15) is 0 Å². The minimum absolute atomic E-state index is 0.0501. The lowest BCUT2D eigenvalue weighted by Gasteiger charge is -2.18. The number of hydrogen-bond donors (Lipinski definition) is 0. The number of hydrogen-bond acceptors (Lipinski definition) is 1. The molecule has 0 bridgehead atoms. The van der Waals surface area contributed by atoms with Crippen molar-refractivity contribution in [3.05, 3.63) is 132 Å². The summed E-state index contributed by atoms with van der Waals surface area (Å²) in [4.78, 5) is 5.13. The fourth-order valence-corrected chi connectivity index (χ4v) is 4.18. The SMILES string of the molecule is C(Cc1ccccc1)=NC(c1cccc2ccccc12)c1cccc2ccccc12. The van der Waals surface area contributed by atoms with Crippen LogP contribution < -0.4 is 0 Å². The first-order chi connectivity index (χ1) is 14.9. The van der Waals surface area contributed by atoms with E-state index in [0.717, 1.165) is 6.42 Å². The zero-order chi connectivity index (χ0) is 20.2. The Labute approximate surface area is 177 Å². The summed E-state index contributed by atoms with van der Waals surface area (Å²) in [5, 5.41) is 5.02. The maximum atomic E-state index is 5.13. The van der Waals surface area contributed by atoms with E-state index in [2.05, 4.69) is 121 Å². The minimum atomic E-state index is -0.0501. The van der Waals surface area contributed by atoms with Crippen molar-refractivity contribution in [3.8, 4) is 0 Å². The first-order valence-electron chi connectivity index (χ1n) is 10.4. The highest BCUT2D eigenvalue weighted by atomic mass is 14.8. The molecule has 0 amide bonds. The van der Waals surface area contributed by atoms with Gasteiger partial charge in [-0.3, -0.25) is 4.99 Å². The van der Waals surface area contributed by atoms with Crippen LogP contribution >= 0.6 is 0 Å². The molecule has 0 aliphatic heterocycles. The van der Waals surface area contributed by atoms with E-state index in [1.807, 2.05) is 0 Å². The van der Waals surface area contributed by atoms with Crippen LogP contribution in [0.4, 0.5) is 0 Å². The molecular formula is C29H23N. The maximum Gasteiger partial charge on any atom is 0.101 e. The summed E-state index contributed by atoms with van der Waals surface area (Å²) in [5.41, 5.74) is 3.76. The zero-order valence-electron chi connectivity index (χ0n) is 16.8. The van der Waals surface area contributed by atoms with Crippen LogP contribution in [-0.2, 0) is 6.42 Å². The molecule has 0 saturated carbocycles. The van der Waals surface area contributed by atoms with Crippen molar-refractivity contribution in [1.29, 1.82) is 0 Å². The van der Waals surface area contributed by atoms with Crippen molar-refractivity contribution in [2.75, 3.05) is 0 Å². The molecule has 0 fully saturated rings. The van der Waals surface area contributed by atoms with Gasteiger partial charge >= 0.3 is 0 Å². The first kappa shape index (κ1) is 18.3. The van der Waals surface area contributed by atoms with E-state index in [4.69, 9.17) is 4.99 Å². The minimum Gasteiger partial charge on any atom is -0.284 e. The lowest BCUT2D eigenvalue weighted by Crippen LogP contribution is -2.02. The number of rotatable bonds is 5. The van der Waals surface area contributed by atoms with Gasteiger partial charge < -0.3 is 0 Å². The lowest BCUT2D eigenvalue weighted by atomic mass is 9.91. The second kappa shape index (κ2) is 8.34. The van der Waals surface area contributed by atoms with Gasteiger partial charge in [0.05, 0.1) is 0 Å². The molecule has 0 N–H and O–H groups in total. The molecule has 1 heteroatoms. The summed E-state index contributed by atoms with van der Waals surface area (Å²) in [6.07, 6.45) is 2.90. The Kier molecular flexibility index (Phi) is 5.10. The van der Waals surface area contributed by atoms with Crippen LogP contribution in [0.15, 0.2) is 120 Å². The first-order valence-corrected chi connectivity index (χ1v) is 10.4. The molecule has 0 aromatic heterocycles. The van der Waals surface area contributed by atoms with Crippen molar-refractivity contribution < 1.29 is 0 Å². The second-order valence-electron chi connectivity index (χ2n) is 7.56. The van der Waals surface area contributed by atoms with Crippen LogP contribution in [0.1, 0.15) is 22.7 Å². The lowest BCUT2D eigenvalue weighted by molar-refractivity contribution is 0.893. The molecule has 5 aromatic carbocycles. The molecule has 30 heavy (non-hydrogen) atoms. The molecule has 5 rings (SSSR count). The third-order valence-corrected chi connectivity index (χ3v) is 5.66. The Morgan fingerprint density at radius 2 is 1.03 bits per heavy atom. The van der Waals surface area contributed by atoms with E-state index >= 15 is 0 Å². The van der Waals surface area contributed by atoms with Gasteiger partial charge in [0.25, 0.3) is 0 Å². The molecule has 0 spiro atoms. The van der Waals surface area contributed by atoms with Gasteiger partial charge in [0, 0.05) is 12.6 Å². The van der Waals surface area contributed by atoms with Gasteiger partial charge in [-0.15, -0.1) is 0 Å². The Bertz CT molecular complexity index is 1230. The average molecular weight is 386 g/mol. The Hall–Kier alpha value is -3.71. The molecule has 0 aliphatic carbocycles. The number of benzene rings is 5. The fraction of sp³-hybridized carbons (Fsp3) is 0.0690. The van der Waals surface area contributed by atoms with Crippen LogP contribution in [0.3, 0.4) is 0 Å². The Morgan fingerprint density at radius 1 is 0.533 bits per heavy atom. The largest absolute Gasteiger partial charge is 0.284 e. The quantitative estimate of drug-likeness (QED) is 0.280. The van der Waals surface area contributed by atoms with E-state index in [-0.39, 0.29) is 6.04 Å². The summed E-state index contributed by atoms with van der Waals surface area (Å²) >= 11 is 0. The number of nitrogens with zero attached hydrogens (tertiary/aromatic N) is 1. The van der Waals surface area contributed by atoms with Gasteiger partial charge in [-0.1, -0.05) is 115 Å². The summed E-state index contributed by atoms with van der Waals surface area (Å²) in [7, 11) is 0. The van der Waals surface area contributed by atoms with Crippen LogP contribution in [0.25, 0.3) is 21.5 Å². The summed E-state index contributed by atoms with van der Waals surface area (Å²) in [6.45, 7) is 0. The molecule has 0 atom stereocenters. The number of aliphatic imine (C=N–C) groups is 1.